The summed E-state index contributed by atoms with van der Waals surface area (Å²) in [6.45, 7) is 16.7. The second-order valence-corrected chi connectivity index (χ2v) is 14.0. The normalized spacial score (nSPS) is 26.7. The van der Waals surface area contributed by atoms with Gasteiger partial charge in [-0.3, -0.25) is 0 Å². The van der Waals surface area contributed by atoms with E-state index < -0.39 is 13.9 Å². The van der Waals surface area contributed by atoms with E-state index in [2.05, 4.69) is 39.2 Å². The van der Waals surface area contributed by atoms with E-state index >= 15 is 0 Å². The summed E-state index contributed by atoms with van der Waals surface area (Å²) in [4.78, 5) is 12.1. The van der Waals surface area contributed by atoms with E-state index in [0.717, 1.165) is 19.3 Å². The first-order valence-electron chi connectivity index (χ1n) is 8.64. The van der Waals surface area contributed by atoms with Gasteiger partial charge in [0.25, 0.3) is 0 Å². The lowest BCUT2D eigenvalue weighted by Gasteiger charge is -2.44. The summed E-state index contributed by atoms with van der Waals surface area (Å²) in [5.41, 5.74) is 5.64. The van der Waals surface area contributed by atoms with Gasteiger partial charge in [-0.15, -0.1) is 0 Å². The molecule has 1 amide bonds. The molecule has 136 valence electrons. The van der Waals surface area contributed by atoms with Crippen LogP contribution in [0.1, 0.15) is 60.8 Å². The van der Waals surface area contributed by atoms with Crippen LogP contribution in [0.25, 0.3) is 0 Å². The Bertz CT molecular complexity index is 413. The van der Waals surface area contributed by atoms with Gasteiger partial charge in [0.1, 0.15) is 5.60 Å². The summed E-state index contributed by atoms with van der Waals surface area (Å²) in [5, 5.41) is 3.13. The maximum atomic E-state index is 12.1. The number of alkyl carbamates (subject to hydrolysis) is 1. The zero-order valence-electron chi connectivity index (χ0n) is 16.2. The van der Waals surface area contributed by atoms with Crippen molar-refractivity contribution in [3.05, 3.63) is 0 Å². The highest BCUT2D eigenvalue weighted by Gasteiger charge is 2.42. The van der Waals surface area contributed by atoms with Crippen LogP contribution in [0.5, 0.6) is 0 Å². The van der Waals surface area contributed by atoms with Crippen LogP contribution in [0.4, 0.5) is 4.79 Å². The van der Waals surface area contributed by atoms with Gasteiger partial charge in [0.15, 0.2) is 8.32 Å². The van der Waals surface area contributed by atoms with Gasteiger partial charge in [-0.2, -0.15) is 0 Å². The van der Waals surface area contributed by atoms with Crippen LogP contribution in [0.2, 0.25) is 18.1 Å². The molecule has 1 unspecified atom stereocenters. The van der Waals surface area contributed by atoms with Crippen LogP contribution in [0, 0.1) is 0 Å². The average molecular weight is 345 g/mol. The van der Waals surface area contributed by atoms with Crippen molar-refractivity contribution in [2.75, 3.05) is 0 Å². The molecule has 0 aliphatic heterocycles. The third kappa shape index (κ3) is 6.43. The van der Waals surface area contributed by atoms with E-state index in [4.69, 9.17) is 14.9 Å². The lowest BCUT2D eigenvalue weighted by Crippen LogP contribution is -2.56. The number of amides is 1. The molecule has 1 saturated carbocycles. The number of ether oxygens (including phenoxy) is 1. The first-order chi connectivity index (χ1) is 10.2. The summed E-state index contributed by atoms with van der Waals surface area (Å²) in [7, 11) is -1.91. The zero-order chi connectivity index (χ0) is 18.1. The molecule has 1 aliphatic carbocycles. The minimum atomic E-state index is -1.91. The molecule has 5 nitrogen and oxygen atoms in total. The average Bonchev–Trinajstić information content (AvgIpc) is 2.28. The van der Waals surface area contributed by atoms with Crippen molar-refractivity contribution in [2.24, 2.45) is 5.73 Å². The molecule has 3 atom stereocenters. The highest BCUT2D eigenvalue weighted by atomic mass is 28.4. The minimum absolute atomic E-state index is 0.0289. The summed E-state index contributed by atoms with van der Waals surface area (Å²) in [5.74, 6) is 0. The predicted molar refractivity (Wildman–Crippen MR) is 97.1 cm³/mol. The SMILES string of the molecule is CC(C)(C)OC(=O)N[C@H]1CC[C@H](N)CC1O[Si](C)(C)C(C)(C)C. The minimum Gasteiger partial charge on any atom is -0.444 e. The first-order valence-corrected chi connectivity index (χ1v) is 11.5. The van der Waals surface area contributed by atoms with Crippen LogP contribution in [0.3, 0.4) is 0 Å². The fraction of sp³-hybridized carbons (Fsp3) is 0.941. The Morgan fingerprint density at radius 3 is 2.17 bits per heavy atom. The van der Waals surface area contributed by atoms with Crippen molar-refractivity contribution in [1.82, 2.24) is 5.32 Å². The number of nitrogens with two attached hydrogens (primary N) is 1. The van der Waals surface area contributed by atoms with E-state index in [1.54, 1.807) is 0 Å². The van der Waals surface area contributed by atoms with E-state index in [0.29, 0.717) is 0 Å². The number of carbonyl (C=O) groups is 1. The number of carbonyl (C=O) groups excluding carboxylic acids is 1. The lowest BCUT2D eigenvalue weighted by molar-refractivity contribution is 0.0367. The van der Waals surface area contributed by atoms with Gasteiger partial charge in [0.2, 0.25) is 0 Å². The smallest absolute Gasteiger partial charge is 0.407 e. The molecule has 0 radical (unpaired) electrons. The zero-order valence-corrected chi connectivity index (χ0v) is 17.2. The summed E-state index contributed by atoms with van der Waals surface area (Å²) in [6.07, 6.45) is 2.11. The van der Waals surface area contributed by atoms with Gasteiger partial charge < -0.3 is 20.2 Å². The Labute approximate surface area is 142 Å². The Kier molecular flexibility index (Phi) is 6.32. The molecule has 0 heterocycles. The molecule has 0 aromatic heterocycles. The molecule has 6 heteroatoms. The van der Waals surface area contributed by atoms with Crippen LogP contribution < -0.4 is 11.1 Å². The van der Waals surface area contributed by atoms with Gasteiger partial charge in [0.05, 0.1) is 12.1 Å². The van der Waals surface area contributed by atoms with Crippen LogP contribution in [0.15, 0.2) is 0 Å². The number of rotatable bonds is 3. The Morgan fingerprint density at radius 2 is 1.70 bits per heavy atom. The molecule has 0 aromatic rings. The molecule has 0 spiro atoms. The van der Waals surface area contributed by atoms with Crippen molar-refractivity contribution >= 4 is 14.4 Å². The quantitative estimate of drug-likeness (QED) is 0.764. The maximum absolute atomic E-state index is 12.1. The third-order valence-corrected chi connectivity index (χ3v) is 9.29. The molecule has 23 heavy (non-hydrogen) atoms. The van der Waals surface area contributed by atoms with Crippen molar-refractivity contribution < 1.29 is 14.0 Å². The largest absolute Gasteiger partial charge is 0.444 e. The number of nitrogens with one attached hydrogen (secondary N) is 1. The summed E-state index contributed by atoms with van der Waals surface area (Å²) < 4.78 is 11.9. The molecule has 0 aromatic carbocycles. The second-order valence-electron chi connectivity index (χ2n) is 9.24. The first kappa shape index (κ1) is 20.5. The van der Waals surface area contributed by atoms with E-state index in [-0.39, 0.29) is 29.3 Å². The highest BCUT2D eigenvalue weighted by molar-refractivity contribution is 6.74. The van der Waals surface area contributed by atoms with Crippen molar-refractivity contribution in [2.45, 2.75) is 103 Å². The summed E-state index contributed by atoms with van der Waals surface area (Å²) >= 11 is 0. The molecule has 1 fully saturated rings. The number of hydrogen-bond donors (Lipinski definition) is 2. The van der Waals surface area contributed by atoms with Crippen LogP contribution in [-0.4, -0.2) is 38.2 Å². The molecular weight excluding hydrogens is 308 g/mol. The summed E-state index contributed by atoms with van der Waals surface area (Å²) in [6, 6.07) is 0.111. The molecule has 0 saturated heterocycles. The Morgan fingerprint density at radius 1 is 1.13 bits per heavy atom. The highest BCUT2D eigenvalue weighted by Crippen LogP contribution is 2.39. The van der Waals surface area contributed by atoms with Crippen LogP contribution >= 0.6 is 0 Å². The fourth-order valence-electron chi connectivity index (χ4n) is 2.47. The van der Waals surface area contributed by atoms with Crippen molar-refractivity contribution in [3.8, 4) is 0 Å². The molecular formula is C17H36N2O3Si. The second kappa shape index (κ2) is 7.11. The lowest BCUT2D eigenvalue weighted by atomic mass is 9.89. The Balaban J connectivity index is 2.78. The van der Waals surface area contributed by atoms with Crippen LogP contribution in [-0.2, 0) is 9.16 Å². The molecule has 1 aliphatic rings. The van der Waals surface area contributed by atoms with Gasteiger partial charge in [0, 0.05) is 6.04 Å². The molecule has 1 rings (SSSR count). The van der Waals surface area contributed by atoms with E-state index in [1.807, 2.05) is 20.8 Å². The van der Waals surface area contributed by atoms with Crippen molar-refractivity contribution in [3.63, 3.8) is 0 Å². The maximum Gasteiger partial charge on any atom is 0.407 e. The topological polar surface area (TPSA) is 73.6 Å². The number of hydrogen-bond acceptors (Lipinski definition) is 4. The predicted octanol–water partition coefficient (Wildman–Crippen LogP) is 3.78. The van der Waals surface area contributed by atoms with E-state index in [1.165, 1.54) is 0 Å². The Hall–Kier alpha value is -0.593. The van der Waals surface area contributed by atoms with E-state index in [9.17, 15) is 4.79 Å². The van der Waals surface area contributed by atoms with Gasteiger partial charge in [-0.25, -0.2) is 4.79 Å². The third-order valence-electron chi connectivity index (χ3n) is 4.79. The fourth-order valence-corrected chi connectivity index (χ4v) is 3.84. The van der Waals surface area contributed by atoms with Crippen molar-refractivity contribution in [1.29, 1.82) is 0 Å². The molecule has 3 N–H and O–H groups in total. The monoisotopic (exact) mass is 344 g/mol. The molecule has 0 bridgehead atoms. The standard InChI is InChI=1S/C17H36N2O3Si/c1-16(2,3)21-15(20)19-13-10-9-12(18)11-14(13)22-23(7,8)17(4,5)6/h12-14H,9-11,18H2,1-8H3,(H,19,20)/t12-,13-,14?/m0/s1. The van der Waals surface area contributed by atoms with Gasteiger partial charge >= 0.3 is 6.09 Å². The van der Waals surface area contributed by atoms with Gasteiger partial charge in [-0.1, -0.05) is 20.8 Å². The van der Waals surface area contributed by atoms with Gasteiger partial charge in [-0.05, 0) is 58.2 Å².